The first-order valence-corrected chi connectivity index (χ1v) is 8.16. The van der Waals surface area contributed by atoms with E-state index < -0.39 is 0 Å². The molecule has 3 nitrogen and oxygen atoms in total. The van der Waals surface area contributed by atoms with Crippen molar-refractivity contribution in [3.8, 4) is 11.5 Å². The average Bonchev–Trinajstić information content (AvgIpc) is 2.83. The molecule has 1 aromatic heterocycles. The van der Waals surface area contributed by atoms with Crippen molar-refractivity contribution in [2.45, 2.75) is 32.9 Å². The lowest BCUT2D eigenvalue weighted by Gasteiger charge is -2.14. The van der Waals surface area contributed by atoms with Crippen LogP contribution in [0.15, 0.2) is 30.3 Å². The van der Waals surface area contributed by atoms with E-state index in [0.29, 0.717) is 13.2 Å². The van der Waals surface area contributed by atoms with Crippen LogP contribution >= 0.6 is 22.9 Å². The smallest absolute Gasteiger partial charge is 0.161 e. The largest absolute Gasteiger partial charge is 0.490 e. The molecule has 114 valence electrons. The van der Waals surface area contributed by atoms with E-state index in [9.17, 15) is 0 Å². The van der Waals surface area contributed by atoms with Crippen molar-refractivity contribution in [1.29, 1.82) is 0 Å². The van der Waals surface area contributed by atoms with E-state index in [2.05, 4.69) is 0 Å². The molecule has 2 N–H and O–H groups in total. The van der Waals surface area contributed by atoms with Gasteiger partial charge < -0.3 is 15.2 Å². The fourth-order valence-corrected chi connectivity index (χ4v) is 3.02. The van der Waals surface area contributed by atoms with Crippen LogP contribution in [0, 0.1) is 0 Å². The molecule has 0 aliphatic carbocycles. The summed E-state index contributed by atoms with van der Waals surface area (Å²) in [6, 6.07) is 9.95. The predicted molar refractivity (Wildman–Crippen MR) is 88.6 cm³/mol. The van der Waals surface area contributed by atoms with Crippen molar-refractivity contribution in [1.82, 2.24) is 0 Å². The second-order valence-electron chi connectivity index (χ2n) is 4.89. The third-order valence-electron chi connectivity index (χ3n) is 2.86. The molecule has 0 spiro atoms. The molecule has 0 bridgehead atoms. The van der Waals surface area contributed by atoms with Crippen molar-refractivity contribution in [2.24, 2.45) is 5.73 Å². The normalized spacial score (nSPS) is 12.2. The van der Waals surface area contributed by atoms with Crippen molar-refractivity contribution >= 4 is 22.9 Å². The minimum absolute atomic E-state index is 0.125. The second kappa shape index (κ2) is 7.69. The van der Waals surface area contributed by atoms with E-state index in [1.54, 1.807) is 0 Å². The molecule has 5 heteroatoms. The first-order valence-electron chi connectivity index (χ1n) is 6.96. The van der Waals surface area contributed by atoms with E-state index >= 15 is 0 Å². The Morgan fingerprint density at radius 1 is 1.19 bits per heavy atom. The first kappa shape index (κ1) is 16.1. The van der Waals surface area contributed by atoms with Gasteiger partial charge in [-0.2, -0.15) is 0 Å². The predicted octanol–water partition coefficient (Wildman–Crippen LogP) is 4.27. The molecule has 0 radical (unpaired) electrons. The molecule has 2 rings (SSSR count). The molecule has 0 amide bonds. The molecule has 1 heterocycles. The number of ether oxygens (including phenoxy) is 2. The Labute approximate surface area is 134 Å². The van der Waals surface area contributed by atoms with Gasteiger partial charge in [-0.05, 0) is 50.1 Å². The van der Waals surface area contributed by atoms with E-state index in [0.717, 1.165) is 32.7 Å². The highest BCUT2D eigenvalue weighted by atomic mass is 35.5. The molecule has 21 heavy (non-hydrogen) atoms. The van der Waals surface area contributed by atoms with Gasteiger partial charge in [0.15, 0.2) is 11.5 Å². The van der Waals surface area contributed by atoms with Gasteiger partial charge >= 0.3 is 0 Å². The fraction of sp³-hybridized carbons (Fsp3) is 0.375. The van der Waals surface area contributed by atoms with Crippen molar-refractivity contribution in [3.05, 3.63) is 45.1 Å². The molecule has 0 aliphatic heterocycles. The third-order valence-corrected chi connectivity index (χ3v) is 4.07. The maximum atomic E-state index is 5.92. The minimum atomic E-state index is 0.125. The Morgan fingerprint density at radius 2 is 2.00 bits per heavy atom. The number of benzene rings is 1. The zero-order valence-corrected chi connectivity index (χ0v) is 13.8. The molecule has 0 saturated carbocycles. The fourth-order valence-electron chi connectivity index (χ4n) is 2.02. The van der Waals surface area contributed by atoms with Gasteiger partial charge in [0.05, 0.1) is 10.9 Å². The first-order chi connectivity index (χ1) is 10.1. The molecule has 1 unspecified atom stereocenters. The van der Waals surface area contributed by atoms with Crippen LogP contribution in [0.1, 0.15) is 24.3 Å². The van der Waals surface area contributed by atoms with Gasteiger partial charge in [0, 0.05) is 10.9 Å². The van der Waals surface area contributed by atoms with Gasteiger partial charge in [-0.25, -0.2) is 0 Å². The van der Waals surface area contributed by atoms with Gasteiger partial charge in [0.25, 0.3) is 0 Å². The minimum Gasteiger partial charge on any atom is -0.490 e. The lowest BCUT2D eigenvalue weighted by atomic mass is 10.1. The van der Waals surface area contributed by atoms with Crippen LogP contribution < -0.4 is 15.2 Å². The summed E-state index contributed by atoms with van der Waals surface area (Å²) in [5, 5.41) is 0. The Bertz CT molecular complexity index is 583. The number of rotatable bonds is 7. The summed E-state index contributed by atoms with van der Waals surface area (Å²) in [7, 11) is 0. The summed E-state index contributed by atoms with van der Waals surface area (Å²) in [5.74, 6) is 1.51. The SMILES string of the molecule is CCOc1cc(CC(C)N)ccc1OCc1ccc(Cl)s1. The highest BCUT2D eigenvalue weighted by molar-refractivity contribution is 7.16. The van der Waals surface area contributed by atoms with Crippen LogP contribution in [0.4, 0.5) is 0 Å². The quantitative estimate of drug-likeness (QED) is 0.826. The zero-order valence-electron chi connectivity index (χ0n) is 12.3. The maximum Gasteiger partial charge on any atom is 0.161 e. The summed E-state index contributed by atoms with van der Waals surface area (Å²) in [6.07, 6.45) is 0.820. The molecular formula is C16H20ClNO2S. The van der Waals surface area contributed by atoms with Crippen molar-refractivity contribution < 1.29 is 9.47 Å². The Kier molecular flexibility index (Phi) is 5.91. The summed E-state index contributed by atoms with van der Waals surface area (Å²) < 4.78 is 12.3. The van der Waals surface area contributed by atoms with E-state index in [4.69, 9.17) is 26.8 Å². The highest BCUT2D eigenvalue weighted by Crippen LogP contribution is 2.31. The monoisotopic (exact) mass is 325 g/mol. The number of nitrogens with two attached hydrogens (primary N) is 1. The standard InChI is InChI=1S/C16H20ClNO2S/c1-3-19-15-9-12(8-11(2)18)4-6-14(15)20-10-13-5-7-16(17)21-13/h4-7,9,11H,3,8,10,18H2,1-2H3. The second-order valence-corrected chi connectivity index (χ2v) is 6.69. The van der Waals surface area contributed by atoms with Gasteiger partial charge in [-0.1, -0.05) is 17.7 Å². The number of halogens is 1. The van der Waals surface area contributed by atoms with Crippen LogP contribution in [-0.4, -0.2) is 12.6 Å². The zero-order chi connectivity index (χ0) is 15.2. The molecule has 0 saturated heterocycles. The van der Waals surface area contributed by atoms with Gasteiger partial charge in [-0.3, -0.25) is 0 Å². The lowest BCUT2D eigenvalue weighted by Crippen LogP contribution is -2.17. The topological polar surface area (TPSA) is 44.5 Å². The average molecular weight is 326 g/mol. The molecule has 1 aromatic carbocycles. The number of hydrogen-bond acceptors (Lipinski definition) is 4. The number of thiophene rings is 1. The molecule has 0 aliphatic rings. The molecule has 2 aromatic rings. The maximum absolute atomic E-state index is 5.92. The molecular weight excluding hydrogens is 306 g/mol. The summed E-state index contributed by atoms with van der Waals surface area (Å²) >= 11 is 7.44. The van der Waals surface area contributed by atoms with E-state index in [1.165, 1.54) is 11.3 Å². The molecule has 0 fully saturated rings. The Morgan fingerprint density at radius 3 is 2.62 bits per heavy atom. The Hall–Kier alpha value is -1.23. The third kappa shape index (κ3) is 4.92. The van der Waals surface area contributed by atoms with E-state index in [-0.39, 0.29) is 6.04 Å². The summed E-state index contributed by atoms with van der Waals surface area (Å²) in [5.41, 5.74) is 6.99. The van der Waals surface area contributed by atoms with Crippen molar-refractivity contribution in [3.63, 3.8) is 0 Å². The molecule has 1 atom stereocenters. The van der Waals surface area contributed by atoms with E-state index in [1.807, 2.05) is 44.2 Å². The van der Waals surface area contributed by atoms with Gasteiger partial charge in [0.1, 0.15) is 6.61 Å². The van der Waals surface area contributed by atoms with Gasteiger partial charge in [-0.15, -0.1) is 11.3 Å². The van der Waals surface area contributed by atoms with Crippen LogP contribution in [0.3, 0.4) is 0 Å². The van der Waals surface area contributed by atoms with Gasteiger partial charge in [0.2, 0.25) is 0 Å². The summed E-state index contributed by atoms with van der Waals surface area (Å²) in [4.78, 5) is 1.09. The van der Waals surface area contributed by atoms with Crippen LogP contribution in [0.25, 0.3) is 0 Å². The van der Waals surface area contributed by atoms with Crippen LogP contribution in [0.2, 0.25) is 4.34 Å². The summed E-state index contributed by atoms with van der Waals surface area (Å²) in [6.45, 7) is 5.04. The van der Waals surface area contributed by atoms with Crippen LogP contribution in [0.5, 0.6) is 11.5 Å². The van der Waals surface area contributed by atoms with Crippen LogP contribution in [-0.2, 0) is 13.0 Å². The lowest BCUT2D eigenvalue weighted by molar-refractivity contribution is 0.271. The Balaban J connectivity index is 2.09. The highest BCUT2D eigenvalue weighted by Gasteiger charge is 2.09. The van der Waals surface area contributed by atoms with Crippen molar-refractivity contribution in [2.75, 3.05) is 6.61 Å². The number of hydrogen-bond donors (Lipinski definition) is 1.